The first-order valence-electron chi connectivity index (χ1n) is 12.5. The second-order valence-corrected chi connectivity index (χ2v) is 9.36. The van der Waals surface area contributed by atoms with Crippen molar-refractivity contribution in [1.82, 2.24) is 15.8 Å². The second kappa shape index (κ2) is 11.2. The molecule has 194 valence electrons. The zero-order valence-electron chi connectivity index (χ0n) is 20.9. The van der Waals surface area contributed by atoms with Crippen molar-refractivity contribution in [2.75, 3.05) is 6.54 Å². The van der Waals surface area contributed by atoms with Gasteiger partial charge in [0.2, 0.25) is 0 Å². The summed E-state index contributed by atoms with van der Waals surface area (Å²) >= 11 is 0. The molecule has 3 N–H and O–H groups in total. The smallest absolute Gasteiger partial charge is 0.427 e. The van der Waals surface area contributed by atoms with Crippen molar-refractivity contribution in [3.05, 3.63) is 77.0 Å². The summed E-state index contributed by atoms with van der Waals surface area (Å²) in [6.07, 6.45) is 1.61. The van der Waals surface area contributed by atoms with E-state index in [0.29, 0.717) is 0 Å². The van der Waals surface area contributed by atoms with Crippen molar-refractivity contribution < 1.29 is 28.6 Å². The molecule has 9 nitrogen and oxygen atoms in total. The fraction of sp³-hybridized carbons (Fsp3) is 0.357. The molecule has 3 aromatic rings. The highest BCUT2D eigenvalue weighted by Crippen LogP contribution is 2.30. The molecule has 0 bridgehead atoms. The van der Waals surface area contributed by atoms with Crippen LogP contribution in [0.25, 0.3) is 17.0 Å². The van der Waals surface area contributed by atoms with E-state index in [2.05, 4.69) is 40.9 Å². The van der Waals surface area contributed by atoms with Crippen LogP contribution < -0.4 is 10.8 Å². The number of rotatable bonds is 9. The minimum Gasteiger partial charge on any atom is -0.427 e. The number of para-hydroxylation sites is 1. The van der Waals surface area contributed by atoms with Crippen molar-refractivity contribution in [3.8, 4) is 0 Å². The SMILES string of the molecule is Cc1[nH]c2ccccc2c1CCNCc1ccc(/C=C/C(=O)NO[C@H]2C[C@H]3OC(=O)O[C@H]3[C@H](C)O2)cc1. The van der Waals surface area contributed by atoms with Gasteiger partial charge in [0, 0.05) is 35.6 Å². The summed E-state index contributed by atoms with van der Waals surface area (Å²) in [5.41, 5.74) is 8.18. The number of hydrogen-bond donors (Lipinski definition) is 3. The van der Waals surface area contributed by atoms with Crippen molar-refractivity contribution in [1.29, 1.82) is 0 Å². The van der Waals surface area contributed by atoms with Crippen molar-refractivity contribution >= 4 is 29.0 Å². The summed E-state index contributed by atoms with van der Waals surface area (Å²) in [5, 5.41) is 4.80. The highest BCUT2D eigenvalue weighted by Gasteiger charge is 2.47. The Labute approximate surface area is 215 Å². The Morgan fingerprint density at radius 1 is 1.16 bits per heavy atom. The zero-order chi connectivity index (χ0) is 25.8. The Kier molecular flexibility index (Phi) is 7.55. The third-order valence-electron chi connectivity index (χ3n) is 6.71. The lowest BCUT2D eigenvalue weighted by atomic mass is 10.0. The summed E-state index contributed by atoms with van der Waals surface area (Å²) in [4.78, 5) is 32.3. The van der Waals surface area contributed by atoms with Crippen molar-refractivity contribution in [2.24, 2.45) is 0 Å². The van der Waals surface area contributed by atoms with Crippen molar-refractivity contribution in [3.63, 3.8) is 0 Å². The molecule has 2 aromatic carbocycles. The normalized spacial score (nSPS) is 23.1. The van der Waals surface area contributed by atoms with Crippen LogP contribution >= 0.6 is 0 Å². The molecule has 0 spiro atoms. The Morgan fingerprint density at radius 3 is 2.81 bits per heavy atom. The molecular weight excluding hydrogens is 474 g/mol. The molecule has 0 saturated carbocycles. The van der Waals surface area contributed by atoms with Crippen molar-refractivity contribution in [2.45, 2.75) is 57.8 Å². The average molecular weight is 506 g/mol. The number of aromatic amines is 1. The fourth-order valence-electron chi connectivity index (χ4n) is 4.80. The van der Waals surface area contributed by atoms with Gasteiger partial charge in [-0.15, -0.1) is 0 Å². The van der Waals surface area contributed by atoms with E-state index in [1.165, 1.54) is 33.8 Å². The number of H-pyrrole nitrogens is 1. The van der Waals surface area contributed by atoms with Gasteiger partial charge in [0.05, 0.1) is 6.10 Å². The molecule has 4 atom stereocenters. The second-order valence-electron chi connectivity index (χ2n) is 9.36. The van der Waals surface area contributed by atoms with Gasteiger partial charge >= 0.3 is 6.16 Å². The van der Waals surface area contributed by atoms with E-state index in [1.807, 2.05) is 30.3 Å². The lowest BCUT2D eigenvalue weighted by Crippen LogP contribution is -2.47. The number of aromatic nitrogens is 1. The minimum atomic E-state index is -0.727. The molecule has 0 radical (unpaired) electrons. The lowest BCUT2D eigenvalue weighted by molar-refractivity contribution is -0.245. The predicted octanol–water partition coefficient (Wildman–Crippen LogP) is 3.91. The van der Waals surface area contributed by atoms with Gasteiger partial charge in [0.25, 0.3) is 5.91 Å². The fourth-order valence-corrected chi connectivity index (χ4v) is 4.80. The summed E-state index contributed by atoms with van der Waals surface area (Å²) in [6.45, 7) is 5.53. The van der Waals surface area contributed by atoms with Gasteiger partial charge in [-0.3, -0.25) is 4.79 Å². The quantitative estimate of drug-likeness (QED) is 0.175. The van der Waals surface area contributed by atoms with E-state index in [0.717, 1.165) is 25.1 Å². The molecule has 1 aromatic heterocycles. The maximum Gasteiger partial charge on any atom is 0.509 e. The van der Waals surface area contributed by atoms with Crippen LogP contribution in [0.15, 0.2) is 54.6 Å². The Bertz CT molecular complexity index is 1280. The molecule has 37 heavy (non-hydrogen) atoms. The number of aryl methyl sites for hydroxylation is 1. The standard InChI is InChI=1S/C28H31N3O6/c1-17-21(22-5-3-4-6-23(22)30-17)13-14-29-16-20-9-7-19(8-10-20)11-12-25(32)31-37-26-15-24-27(18(2)34-26)36-28(33)35-24/h3-12,18,24,26-27,29-30H,13-16H2,1-2H3,(H,31,32)/b12-11+/t18-,24+,26-,27-/m0/s1. The van der Waals surface area contributed by atoms with E-state index >= 15 is 0 Å². The van der Waals surface area contributed by atoms with E-state index < -0.39 is 36.7 Å². The van der Waals surface area contributed by atoms with Crippen LogP contribution in [0.5, 0.6) is 0 Å². The number of carbonyl (C=O) groups excluding carboxylic acids is 2. The van der Waals surface area contributed by atoms with E-state index in [4.69, 9.17) is 19.0 Å². The van der Waals surface area contributed by atoms with Crippen LogP contribution in [0.3, 0.4) is 0 Å². The molecule has 0 unspecified atom stereocenters. The zero-order valence-corrected chi connectivity index (χ0v) is 20.9. The van der Waals surface area contributed by atoms with Gasteiger partial charge in [-0.25, -0.2) is 15.1 Å². The number of fused-ring (bicyclic) bond motifs is 2. The Balaban J connectivity index is 1.03. The number of ether oxygens (including phenoxy) is 3. The molecule has 2 fully saturated rings. The van der Waals surface area contributed by atoms with E-state index in [-0.39, 0.29) is 6.42 Å². The molecule has 2 aliphatic rings. The van der Waals surface area contributed by atoms with E-state index in [1.54, 1.807) is 13.0 Å². The molecule has 5 rings (SSSR count). The van der Waals surface area contributed by atoms with Crippen LogP contribution in [0, 0.1) is 6.92 Å². The first-order valence-corrected chi connectivity index (χ1v) is 12.5. The topological polar surface area (TPSA) is 111 Å². The van der Waals surface area contributed by atoms with Crippen LogP contribution in [0.2, 0.25) is 0 Å². The molecule has 2 aliphatic heterocycles. The third kappa shape index (κ3) is 6.02. The average Bonchev–Trinajstić information content (AvgIpc) is 3.43. The first kappa shape index (κ1) is 25.0. The molecule has 1 amide bonds. The summed E-state index contributed by atoms with van der Waals surface area (Å²) < 4.78 is 15.8. The van der Waals surface area contributed by atoms with Gasteiger partial charge in [-0.2, -0.15) is 0 Å². The van der Waals surface area contributed by atoms with Gasteiger partial charge in [-0.1, -0.05) is 42.5 Å². The number of hydroxylamine groups is 1. The monoisotopic (exact) mass is 505 g/mol. The summed E-state index contributed by atoms with van der Waals surface area (Å²) in [5.74, 6) is -0.420. The van der Waals surface area contributed by atoms with Gasteiger partial charge in [0.15, 0.2) is 12.4 Å². The molecular formula is C28H31N3O6. The summed E-state index contributed by atoms with van der Waals surface area (Å²) in [7, 11) is 0. The highest BCUT2D eigenvalue weighted by molar-refractivity contribution is 5.91. The molecule has 9 heteroatoms. The van der Waals surface area contributed by atoms with Gasteiger partial charge in [0.1, 0.15) is 6.10 Å². The van der Waals surface area contributed by atoms with Gasteiger partial charge in [-0.05, 0) is 55.6 Å². The lowest BCUT2D eigenvalue weighted by Gasteiger charge is -2.32. The Hall–Kier alpha value is -3.66. The third-order valence-corrected chi connectivity index (χ3v) is 6.71. The largest absolute Gasteiger partial charge is 0.509 e. The van der Waals surface area contributed by atoms with Crippen LogP contribution in [-0.2, 0) is 36.8 Å². The van der Waals surface area contributed by atoms with Crippen LogP contribution in [-0.4, -0.2) is 48.2 Å². The maximum absolute atomic E-state index is 12.2. The number of benzene rings is 2. The number of carbonyl (C=O) groups is 2. The minimum absolute atomic E-state index is 0.279. The van der Waals surface area contributed by atoms with Crippen LogP contribution in [0.1, 0.15) is 35.7 Å². The van der Waals surface area contributed by atoms with E-state index in [9.17, 15) is 9.59 Å². The van der Waals surface area contributed by atoms with Crippen LogP contribution in [0.4, 0.5) is 4.79 Å². The number of hydrogen-bond acceptors (Lipinski definition) is 7. The predicted molar refractivity (Wildman–Crippen MR) is 137 cm³/mol. The molecule has 0 aliphatic carbocycles. The number of amides is 1. The number of nitrogens with one attached hydrogen (secondary N) is 3. The maximum atomic E-state index is 12.2. The highest BCUT2D eigenvalue weighted by atomic mass is 16.8. The first-order chi connectivity index (χ1) is 18.0. The van der Waals surface area contributed by atoms with Gasteiger partial charge < -0.3 is 24.5 Å². The Morgan fingerprint density at radius 2 is 1.97 bits per heavy atom. The summed E-state index contributed by atoms with van der Waals surface area (Å²) in [6, 6.07) is 16.4. The molecule has 3 heterocycles. The molecule has 2 saturated heterocycles.